The summed E-state index contributed by atoms with van der Waals surface area (Å²) in [4.78, 5) is 97.0. The number of rotatable bonds is 23. The molecule has 3 aromatic heterocycles. The summed E-state index contributed by atoms with van der Waals surface area (Å²) in [7, 11) is 8.19. The summed E-state index contributed by atoms with van der Waals surface area (Å²) < 4.78 is 27.6. The van der Waals surface area contributed by atoms with Gasteiger partial charge in [-0.2, -0.15) is 45.7 Å². The number of halogens is 1. The lowest BCUT2D eigenvalue weighted by Crippen LogP contribution is -2.55. The van der Waals surface area contributed by atoms with Crippen LogP contribution in [-0.2, 0) is 53.3 Å². The van der Waals surface area contributed by atoms with Crippen molar-refractivity contribution in [1.29, 1.82) is 15.8 Å². The van der Waals surface area contributed by atoms with Crippen LogP contribution in [0.2, 0.25) is 0 Å². The summed E-state index contributed by atoms with van der Waals surface area (Å²) >= 11 is 3.87. The van der Waals surface area contributed by atoms with Crippen LogP contribution in [0.25, 0.3) is 32.3 Å². The molecule has 0 aliphatic carbocycles. The molecule has 0 spiro atoms. The van der Waals surface area contributed by atoms with Gasteiger partial charge >= 0.3 is 18.0 Å². The number of hydrogen-bond acceptors (Lipinski definition) is 25. The first-order valence-electron chi connectivity index (χ1n) is 43.9. The van der Waals surface area contributed by atoms with Gasteiger partial charge in [-0.3, -0.25) is 24.2 Å². The number of methoxy groups -OCH3 is 1. The summed E-state index contributed by atoms with van der Waals surface area (Å²) in [5.41, 5.74) is 11.3. The normalized spacial score (nSPS) is 22.4. The van der Waals surface area contributed by atoms with Crippen LogP contribution in [0.3, 0.4) is 0 Å². The molecule has 0 radical (unpaired) electrons. The van der Waals surface area contributed by atoms with Crippen LogP contribution in [0, 0.1) is 34.0 Å². The van der Waals surface area contributed by atoms with Crippen LogP contribution in [0.4, 0.5) is 34.5 Å². The maximum atomic E-state index is 13.2. The van der Waals surface area contributed by atoms with E-state index in [0.717, 1.165) is 157 Å². The fourth-order valence-electron chi connectivity index (χ4n) is 20.8. The van der Waals surface area contributed by atoms with Crippen molar-refractivity contribution < 1.29 is 33.3 Å². The third-order valence-electron chi connectivity index (χ3n) is 27.6. The molecule has 12 heterocycles. The summed E-state index contributed by atoms with van der Waals surface area (Å²) in [6.45, 7) is 22.3. The molecular formula is C96H106BrN21O7. The molecule has 0 saturated carbocycles. The van der Waals surface area contributed by atoms with Crippen molar-refractivity contribution in [2.75, 3.05) is 176 Å². The fraction of sp³-hybridized carbons (Fsp3) is 0.438. The second-order valence-corrected chi connectivity index (χ2v) is 35.6. The van der Waals surface area contributed by atoms with E-state index in [0.29, 0.717) is 142 Å². The zero-order chi connectivity index (χ0) is 86.3. The topological polar surface area (TPSA) is 276 Å². The lowest BCUT2D eigenvalue weighted by atomic mass is 9.92. The first-order valence-corrected chi connectivity index (χ1v) is 44.7. The van der Waals surface area contributed by atoms with E-state index in [4.69, 9.17) is 48.9 Å². The maximum absolute atomic E-state index is 13.2. The van der Waals surface area contributed by atoms with Crippen LogP contribution >= 0.6 is 15.9 Å². The van der Waals surface area contributed by atoms with Crippen molar-refractivity contribution in [2.24, 2.45) is 0 Å². The van der Waals surface area contributed by atoms with Crippen molar-refractivity contribution >= 4 is 100 Å². The SMILES string of the molecule is C=CC(=O)N1CCN(c2nc(OC[C@@H]3CC(c4cc(N5CCc6c(nc(OC[C@@H]7CCCN7C)nc6N6CCN(C(=O)C=C)[C@@H](CC#N)C6)C5)c5c(OC)cccc5c4)CN3C)nc3c2CCN(c2cc(C4C[C@@H](COc5nc6c(c(N7CCN(C(=O)C=C)[C@@H](CC#N)C7)n5)CCN(c5cccc7cccc(Br)c57)C6)N(C)C4)cc4ccccc24)C3)[C@@H](C#N)C1. The standard InChI is InChI=1S/C96H106BrN21O7/c1-8-86(119)113-37-42-118(73(49-100)54-113)93-77-30-35-111(83-47-64(43-62-17-11-12-22-74(62)83)66-45-71(108(5)50-66)59-124-95-101-79-55-110(82-24-14-19-61-18-13-23-78(97)89(61)82)34-28-75(79)91(105-95)114-38-40-116(87(120)9-2)68(52-114)26-31-98)56-81(77)103-96(106-93)125-60-72-46-67(51-109(72)6)65-44-63-20-15-25-85(122-7)90(63)84(48-65)112-36-29-76-80(57-112)102-94(123-58-70-21-16-33-107(70)4)104-92(76)115-39-41-117(88(121)10-3)69(53-115)27-32-99/h8-15,17-20,22-25,43-44,47-48,66-73H,1-3,16,21,26-30,33-42,45-46,50-60H2,4-7H3/t66?,67?,68-,69-,70-,71-,72-,73-/m0/s1. The maximum Gasteiger partial charge on any atom is 0.318 e. The van der Waals surface area contributed by atoms with E-state index < -0.39 is 6.04 Å². The average Bonchev–Trinajstić information content (AvgIpc) is 1.61. The van der Waals surface area contributed by atoms with Gasteiger partial charge in [0.1, 0.15) is 49.1 Å². The highest BCUT2D eigenvalue weighted by molar-refractivity contribution is 9.10. The first kappa shape index (κ1) is 83.7. The predicted molar refractivity (Wildman–Crippen MR) is 486 cm³/mol. The number of anilines is 6. The predicted octanol–water partition coefficient (Wildman–Crippen LogP) is 11.1. The van der Waals surface area contributed by atoms with Crippen LogP contribution < -0.4 is 48.3 Å². The Labute approximate surface area is 738 Å². The van der Waals surface area contributed by atoms with Crippen molar-refractivity contribution in [3.8, 4) is 42.0 Å². The molecule has 0 N–H and O–H groups in total. The number of ether oxygens (including phenoxy) is 4. The van der Waals surface area contributed by atoms with E-state index in [9.17, 15) is 30.2 Å². The van der Waals surface area contributed by atoms with E-state index in [1.807, 2.05) is 11.0 Å². The smallest absolute Gasteiger partial charge is 0.318 e. The molecule has 18 rings (SSSR count). The molecular weight excluding hydrogens is 1640 g/mol. The molecule has 125 heavy (non-hydrogen) atoms. The number of carbonyl (C=O) groups excluding carboxylic acids is 3. The quantitative estimate of drug-likeness (QED) is 0.0538. The van der Waals surface area contributed by atoms with E-state index in [1.165, 1.54) is 29.4 Å². The number of piperazine rings is 3. The number of benzene rings is 6. The lowest BCUT2D eigenvalue weighted by molar-refractivity contribution is -0.129. The van der Waals surface area contributed by atoms with Crippen molar-refractivity contribution in [3.63, 3.8) is 0 Å². The van der Waals surface area contributed by atoms with Gasteiger partial charge in [-0.25, -0.2) is 0 Å². The second kappa shape index (κ2) is 36.2. The number of amides is 3. The number of likely N-dealkylation sites (N-methyl/N-ethyl adjacent to an activating group) is 3. The van der Waals surface area contributed by atoms with Crippen LogP contribution in [0.5, 0.6) is 23.8 Å². The molecule has 644 valence electrons. The van der Waals surface area contributed by atoms with Crippen LogP contribution in [-0.4, -0.2) is 260 Å². The lowest BCUT2D eigenvalue weighted by Gasteiger charge is -2.42. The minimum absolute atomic E-state index is 0.0242. The average molecular weight is 1750 g/mol. The number of nitrogens with zero attached hydrogens (tertiary/aromatic N) is 21. The molecule has 6 fully saturated rings. The molecule has 28 nitrogen and oxygen atoms in total. The van der Waals surface area contributed by atoms with Crippen LogP contribution in [0.1, 0.15) is 95.3 Å². The molecule has 3 amide bonds. The summed E-state index contributed by atoms with van der Waals surface area (Å²) in [5, 5.41) is 37.6. The molecule has 9 aliphatic rings. The summed E-state index contributed by atoms with van der Waals surface area (Å²) in [6.07, 6.45) is 10.0. The Kier molecular flexibility index (Phi) is 24.2. The van der Waals surface area contributed by atoms with E-state index in [1.54, 1.807) is 21.8 Å². The first-order chi connectivity index (χ1) is 60.9. The van der Waals surface area contributed by atoms with Gasteiger partial charge in [-0.1, -0.05) is 108 Å². The van der Waals surface area contributed by atoms with Crippen molar-refractivity contribution in [3.05, 3.63) is 190 Å². The monoisotopic (exact) mass is 1740 g/mol. The Bertz CT molecular complexity index is 5830. The Morgan fingerprint density at radius 1 is 0.480 bits per heavy atom. The van der Waals surface area contributed by atoms with Gasteiger partial charge in [0.2, 0.25) is 17.7 Å². The molecule has 29 heteroatoms. The zero-order valence-corrected chi connectivity index (χ0v) is 73.2. The summed E-state index contributed by atoms with van der Waals surface area (Å²) in [6, 6.07) is 43.9. The van der Waals surface area contributed by atoms with E-state index in [2.05, 4.69) is 211 Å². The van der Waals surface area contributed by atoms with Gasteiger partial charge in [0.25, 0.3) is 0 Å². The highest BCUT2D eigenvalue weighted by atomic mass is 79.9. The van der Waals surface area contributed by atoms with Gasteiger partial charge in [0.15, 0.2) is 0 Å². The number of carbonyl (C=O) groups is 3. The molecule has 0 bridgehead atoms. The molecule has 8 atom stereocenters. The van der Waals surface area contributed by atoms with Gasteiger partial charge in [-0.05, 0) is 160 Å². The number of aromatic nitrogens is 6. The molecule has 6 aromatic carbocycles. The van der Waals surface area contributed by atoms with Gasteiger partial charge in [-0.15, -0.1) is 0 Å². The summed E-state index contributed by atoms with van der Waals surface area (Å²) in [5.74, 6) is 2.70. The fourth-order valence-corrected chi connectivity index (χ4v) is 21.4. The molecule has 9 aromatic rings. The van der Waals surface area contributed by atoms with Gasteiger partial charge in [0, 0.05) is 158 Å². The van der Waals surface area contributed by atoms with Crippen LogP contribution in [0.15, 0.2) is 146 Å². The molecule has 6 saturated heterocycles. The molecule has 9 aliphatic heterocycles. The third-order valence-corrected chi connectivity index (χ3v) is 28.2. The highest BCUT2D eigenvalue weighted by Gasteiger charge is 2.42. The Hall–Kier alpha value is -12.2. The second-order valence-electron chi connectivity index (χ2n) is 34.7. The zero-order valence-electron chi connectivity index (χ0n) is 71.6. The number of nitriles is 3. The van der Waals surface area contributed by atoms with Gasteiger partial charge in [0.05, 0.1) is 93.5 Å². The number of hydrogen-bond donors (Lipinski definition) is 0. The Morgan fingerprint density at radius 2 is 0.984 bits per heavy atom. The minimum Gasteiger partial charge on any atom is -0.496 e. The third kappa shape index (κ3) is 16.7. The highest BCUT2D eigenvalue weighted by Crippen LogP contribution is 2.46. The Balaban J connectivity index is 0.603. The van der Waals surface area contributed by atoms with Crippen molar-refractivity contribution in [2.45, 2.75) is 126 Å². The molecule has 2 unspecified atom stereocenters. The number of fused-ring (bicyclic) bond motifs is 6. The largest absolute Gasteiger partial charge is 0.496 e. The van der Waals surface area contributed by atoms with Crippen molar-refractivity contribution in [1.82, 2.24) is 59.3 Å². The van der Waals surface area contributed by atoms with E-state index >= 15 is 0 Å². The Morgan fingerprint density at radius 3 is 1.54 bits per heavy atom. The van der Waals surface area contributed by atoms with E-state index in [-0.39, 0.29) is 85.2 Å². The van der Waals surface area contributed by atoms with Gasteiger partial charge < -0.3 is 67.9 Å². The number of likely N-dealkylation sites (tertiary alicyclic amines) is 3. The minimum atomic E-state index is -0.687.